The Morgan fingerprint density at radius 3 is 2.68 bits per heavy atom. The number of piperidine rings is 1. The number of hydrogen-bond donors (Lipinski definition) is 2. The lowest BCUT2D eigenvalue weighted by Crippen LogP contribution is -2.35. The fourth-order valence-corrected chi connectivity index (χ4v) is 4.76. The molecule has 2 aromatic heterocycles. The van der Waals surface area contributed by atoms with Crippen LogP contribution in [0.2, 0.25) is 0 Å². The van der Waals surface area contributed by atoms with Crippen LogP contribution in [0.15, 0.2) is 42.9 Å². The number of carbonyl (C=O) groups excluding carboxylic acids is 1. The minimum absolute atomic E-state index is 0.231. The molecule has 0 bridgehead atoms. The first-order valence-electron chi connectivity index (χ1n) is 11.5. The van der Waals surface area contributed by atoms with Gasteiger partial charge in [-0.05, 0) is 56.3 Å². The lowest BCUT2D eigenvalue weighted by Gasteiger charge is -2.24. The Morgan fingerprint density at radius 2 is 1.84 bits per heavy atom. The molecule has 0 unspecified atom stereocenters. The van der Waals surface area contributed by atoms with Crippen LogP contribution < -0.4 is 10.6 Å². The van der Waals surface area contributed by atoms with Gasteiger partial charge in [-0.25, -0.2) is 4.98 Å². The van der Waals surface area contributed by atoms with Crippen molar-refractivity contribution in [2.75, 3.05) is 18.4 Å². The molecule has 3 heterocycles. The van der Waals surface area contributed by atoms with Crippen LogP contribution in [0.3, 0.4) is 0 Å². The Kier molecular flexibility index (Phi) is 5.89. The van der Waals surface area contributed by atoms with Crippen LogP contribution in [0.4, 0.5) is 5.82 Å². The van der Waals surface area contributed by atoms with Crippen molar-refractivity contribution in [2.24, 2.45) is 5.92 Å². The molecule has 0 amide bonds. The summed E-state index contributed by atoms with van der Waals surface area (Å²) in [7, 11) is 0. The number of Topliss-reactive ketones (excluding diaryl/α,β-unsaturated/α-hetero) is 1. The standard InChI is InChI=1S/C25H29N5O/c31-24(17-3-1-2-4-17)13-22-12-20-11-18(5-6-19(20)14-28-22)23-15-27-16-25(30-23)29-21-7-9-26-10-8-21/h5-6,11-12,14-17,21,26H,1-4,7-10,13H2,(H,29,30). The Balaban J connectivity index is 1.36. The highest BCUT2D eigenvalue weighted by molar-refractivity contribution is 5.88. The van der Waals surface area contributed by atoms with E-state index in [-0.39, 0.29) is 5.92 Å². The SMILES string of the molecule is O=C(Cc1cc2cc(-c3cncc(NC4CCNCC4)n3)ccc2cn1)C1CCCC1. The highest BCUT2D eigenvalue weighted by atomic mass is 16.1. The van der Waals surface area contributed by atoms with Crippen molar-refractivity contribution in [3.63, 3.8) is 0 Å². The van der Waals surface area contributed by atoms with Gasteiger partial charge in [0.1, 0.15) is 11.6 Å². The molecule has 31 heavy (non-hydrogen) atoms. The summed E-state index contributed by atoms with van der Waals surface area (Å²) in [6.07, 6.45) is 12.5. The minimum atomic E-state index is 0.231. The molecule has 2 aliphatic rings. The zero-order valence-corrected chi connectivity index (χ0v) is 17.8. The first-order valence-corrected chi connectivity index (χ1v) is 11.5. The van der Waals surface area contributed by atoms with Crippen LogP contribution in [-0.4, -0.2) is 39.9 Å². The smallest absolute Gasteiger partial charge is 0.145 e. The van der Waals surface area contributed by atoms with Crippen LogP contribution in [0.1, 0.15) is 44.2 Å². The normalized spacial score (nSPS) is 17.8. The quantitative estimate of drug-likeness (QED) is 0.629. The molecule has 160 valence electrons. The summed E-state index contributed by atoms with van der Waals surface area (Å²) >= 11 is 0. The summed E-state index contributed by atoms with van der Waals surface area (Å²) in [6.45, 7) is 2.07. The molecule has 1 aromatic carbocycles. The van der Waals surface area contributed by atoms with Gasteiger partial charge in [0.05, 0.1) is 18.1 Å². The van der Waals surface area contributed by atoms with Gasteiger partial charge in [0, 0.05) is 41.2 Å². The van der Waals surface area contributed by atoms with Crippen LogP contribution >= 0.6 is 0 Å². The molecule has 0 spiro atoms. The summed E-state index contributed by atoms with van der Waals surface area (Å²) in [5.74, 6) is 1.39. The molecule has 0 atom stereocenters. The fraction of sp³-hybridized carbons (Fsp3) is 0.440. The summed E-state index contributed by atoms with van der Waals surface area (Å²) < 4.78 is 0. The van der Waals surface area contributed by atoms with Gasteiger partial charge in [-0.1, -0.05) is 25.0 Å². The predicted molar refractivity (Wildman–Crippen MR) is 123 cm³/mol. The van der Waals surface area contributed by atoms with Gasteiger partial charge in [0.25, 0.3) is 0 Å². The van der Waals surface area contributed by atoms with E-state index in [4.69, 9.17) is 4.98 Å². The molecule has 1 aliphatic heterocycles. The second kappa shape index (κ2) is 9.10. The number of anilines is 1. The average molecular weight is 416 g/mol. The van der Waals surface area contributed by atoms with E-state index in [1.807, 2.05) is 6.20 Å². The van der Waals surface area contributed by atoms with Gasteiger partial charge in [-0.3, -0.25) is 14.8 Å². The molecule has 2 fully saturated rings. The van der Waals surface area contributed by atoms with Crippen molar-refractivity contribution < 1.29 is 4.79 Å². The van der Waals surface area contributed by atoms with E-state index in [0.717, 1.165) is 72.3 Å². The van der Waals surface area contributed by atoms with Gasteiger partial charge in [0.2, 0.25) is 0 Å². The number of nitrogens with zero attached hydrogens (tertiary/aromatic N) is 3. The average Bonchev–Trinajstić information content (AvgIpc) is 3.35. The maximum atomic E-state index is 12.6. The van der Waals surface area contributed by atoms with Gasteiger partial charge in [-0.2, -0.15) is 0 Å². The molecule has 3 aromatic rings. The zero-order chi connectivity index (χ0) is 21.0. The number of aromatic nitrogens is 3. The highest BCUT2D eigenvalue weighted by Gasteiger charge is 2.23. The molecule has 1 aliphatic carbocycles. The molecular weight excluding hydrogens is 386 g/mol. The van der Waals surface area contributed by atoms with Crippen molar-refractivity contribution in [1.82, 2.24) is 20.3 Å². The number of benzene rings is 1. The van der Waals surface area contributed by atoms with E-state index < -0.39 is 0 Å². The molecule has 6 nitrogen and oxygen atoms in total. The summed E-state index contributed by atoms with van der Waals surface area (Å²) in [5, 5.41) is 9.06. The van der Waals surface area contributed by atoms with Crippen LogP contribution in [0.5, 0.6) is 0 Å². The number of ketones is 1. The number of fused-ring (bicyclic) bond motifs is 1. The van der Waals surface area contributed by atoms with E-state index in [0.29, 0.717) is 18.2 Å². The molecule has 0 radical (unpaired) electrons. The van der Waals surface area contributed by atoms with Gasteiger partial charge < -0.3 is 10.6 Å². The second-order valence-electron chi connectivity index (χ2n) is 8.82. The molecule has 2 N–H and O–H groups in total. The number of pyridine rings is 1. The van der Waals surface area contributed by atoms with Crippen molar-refractivity contribution >= 4 is 22.4 Å². The van der Waals surface area contributed by atoms with Gasteiger partial charge in [0.15, 0.2) is 0 Å². The van der Waals surface area contributed by atoms with Crippen molar-refractivity contribution in [3.8, 4) is 11.3 Å². The number of carbonyl (C=O) groups is 1. The largest absolute Gasteiger partial charge is 0.366 e. The molecule has 6 heteroatoms. The van der Waals surface area contributed by atoms with E-state index in [1.165, 1.54) is 12.8 Å². The fourth-order valence-electron chi connectivity index (χ4n) is 4.76. The number of hydrogen-bond acceptors (Lipinski definition) is 6. The van der Waals surface area contributed by atoms with Crippen molar-refractivity contribution in [2.45, 2.75) is 51.0 Å². The van der Waals surface area contributed by atoms with E-state index in [2.05, 4.69) is 44.9 Å². The third kappa shape index (κ3) is 4.74. The molecule has 5 rings (SSSR count). The first kappa shape index (κ1) is 20.1. The number of nitrogens with one attached hydrogen (secondary N) is 2. The van der Waals surface area contributed by atoms with Gasteiger partial charge >= 0.3 is 0 Å². The van der Waals surface area contributed by atoms with E-state index in [9.17, 15) is 4.79 Å². The highest BCUT2D eigenvalue weighted by Crippen LogP contribution is 2.28. The Hall–Kier alpha value is -2.86. The first-order chi connectivity index (χ1) is 15.2. The minimum Gasteiger partial charge on any atom is -0.366 e. The molecule has 1 saturated heterocycles. The zero-order valence-electron chi connectivity index (χ0n) is 17.8. The van der Waals surface area contributed by atoms with Crippen molar-refractivity contribution in [3.05, 3.63) is 48.5 Å². The predicted octanol–water partition coefficient (Wildman–Crippen LogP) is 4.16. The lowest BCUT2D eigenvalue weighted by molar-refractivity contribution is -0.122. The van der Waals surface area contributed by atoms with E-state index >= 15 is 0 Å². The second-order valence-corrected chi connectivity index (χ2v) is 8.82. The number of rotatable bonds is 6. The Morgan fingerprint density at radius 1 is 1.00 bits per heavy atom. The third-order valence-electron chi connectivity index (χ3n) is 6.57. The topological polar surface area (TPSA) is 79.8 Å². The maximum absolute atomic E-state index is 12.6. The lowest BCUT2D eigenvalue weighted by atomic mass is 9.98. The van der Waals surface area contributed by atoms with Crippen LogP contribution in [0, 0.1) is 5.92 Å². The third-order valence-corrected chi connectivity index (χ3v) is 6.57. The van der Waals surface area contributed by atoms with Crippen LogP contribution in [0.25, 0.3) is 22.0 Å². The summed E-state index contributed by atoms with van der Waals surface area (Å²) in [4.78, 5) is 26.3. The van der Waals surface area contributed by atoms with Crippen LogP contribution in [-0.2, 0) is 11.2 Å². The van der Waals surface area contributed by atoms with Gasteiger partial charge in [-0.15, -0.1) is 0 Å². The maximum Gasteiger partial charge on any atom is 0.145 e. The van der Waals surface area contributed by atoms with Crippen molar-refractivity contribution in [1.29, 1.82) is 0 Å². The molecule has 1 saturated carbocycles. The Labute approximate surface area is 182 Å². The molecular formula is C25H29N5O. The monoisotopic (exact) mass is 415 g/mol. The summed E-state index contributed by atoms with van der Waals surface area (Å²) in [6, 6.07) is 8.74. The van der Waals surface area contributed by atoms with E-state index in [1.54, 1.807) is 12.4 Å². The summed E-state index contributed by atoms with van der Waals surface area (Å²) in [5.41, 5.74) is 2.73. The Bertz CT molecular complexity index is 1070.